The Morgan fingerprint density at radius 2 is 1.48 bits per heavy atom. The maximum atomic E-state index is 14.7. The van der Waals surface area contributed by atoms with Gasteiger partial charge < -0.3 is 4.74 Å². The van der Waals surface area contributed by atoms with Crippen LogP contribution in [0, 0.1) is 36.3 Å². The molecule has 2 fully saturated rings. The Morgan fingerprint density at radius 1 is 0.920 bits per heavy atom. The van der Waals surface area contributed by atoms with E-state index in [0.717, 1.165) is 49.0 Å². The molecule has 25 heavy (non-hydrogen) atoms. The summed E-state index contributed by atoms with van der Waals surface area (Å²) >= 11 is 0. The molecule has 0 bridgehead atoms. The van der Waals surface area contributed by atoms with Crippen LogP contribution in [0.5, 0.6) is 5.75 Å². The summed E-state index contributed by atoms with van der Waals surface area (Å²) in [4.78, 5) is 0. The van der Waals surface area contributed by atoms with Gasteiger partial charge in [-0.2, -0.15) is 4.39 Å². The Bertz CT molecular complexity index is 582. The van der Waals surface area contributed by atoms with E-state index in [2.05, 4.69) is 6.92 Å². The van der Waals surface area contributed by atoms with Crippen LogP contribution in [0.25, 0.3) is 0 Å². The van der Waals surface area contributed by atoms with E-state index in [1.165, 1.54) is 25.7 Å². The van der Waals surface area contributed by atoms with Gasteiger partial charge in [0.2, 0.25) is 5.82 Å². The Labute approximate surface area is 151 Å². The highest BCUT2D eigenvalue weighted by Crippen LogP contribution is 2.45. The first-order chi connectivity index (χ1) is 12.0. The molecule has 0 unspecified atom stereocenters. The average molecular weight is 350 g/mol. The summed E-state index contributed by atoms with van der Waals surface area (Å²) in [5.41, 5.74) is 1.42. The molecule has 0 aliphatic heterocycles. The summed E-state index contributed by atoms with van der Waals surface area (Å²) < 4.78 is 34.2. The molecule has 2 aliphatic rings. The van der Waals surface area contributed by atoms with Crippen LogP contribution in [0.3, 0.4) is 0 Å². The zero-order valence-corrected chi connectivity index (χ0v) is 15.9. The van der Waals surface area contributed by atoms with E-state index in [1.807, 2.05) is 6.92 Å². The minimum Gasteiger partial charge on any atom is -0.491 e. The number of halogens is 2. The van der Waals surface area contributed by atoms with Crippen molar-refractivity contribution >= 4 is 0 Å². The zero-order valence-electron chi connectivity index (χ0n) is 15.9. The third-order valence-electron chi connectivity index (χ3n) is 6.63. The molecule has 0 aromatic heterocycles. The number of rotatable bonds is 4. The van der Waals surface area contributed by atoms with Crippen molar-refractivity contribution in [2.75, 3.05) is 6.61 Å². The smallest absolute Gasteiger partial charge is 0.200 e. The van der Waals surface area contributed by atoms with Gasteiger partial charge in [-0.25, -0.2) is 4.39 Å². The van der Waals surface area contributed by atoms with Crippen LogP contribution in [0.2, 0.25) is 0 Å². The van der Waals surface area contributed by atoms with Gasteiger partial charge in [0.05, 0.1) is 6.61 Å². The second-order valence-corrected chi connectivity index (χ2v) is 8.30. The molecule has 0 spiro atoms. The Balaban J connectivity index is 1.68. The van der Waals surface area contributed by atoms with Crippen LogP contribution >= 0.6 is 0 Å². The molecule has 0 N–H and O–H groups in total. The van der Waals surface area contributed by atoms with Crippen LogP contribution in [-0.4, -0.2) is 6.61 Å². The van der Waals surface area contributed by atoms with Gasteiger partial charge in [0.25, 0.3) is 0 Å². The molecule has 2 saturated carbocycles. The van der Waals surface area contributed by atoms with Crippen molar-refractivity contribution in [1.29, 1.82) is 0 Å². The summed E-state index contributed by atoms with van der Waals surface area (Å²) in [5, 5.41) is 0. The molecule has 0 saturated heterocycles. The Kier molecular flexibility index (Phi) is 6.01. The van der Waals surface area contributed by atoms with E-state index in [0.29, 0.717) is 12.2 Å². The van der Waals surface area contributed by atoms with Crippen LogP contribution < -0.4 is 4.74 Å². The van der Waals surface area contributed by atoms with Gasteiger partial charge in [-0.1, -0.05) is 19.8 Å². The van der Waals surface area contributed by atoms with Gasteiger partial charge in [0, 0.05) is 0 Å². The molecular formula is C22H32F2O. The van der Waals surface area contributed by atoms with Crippen molar-refractivity contribution in [3.63, 3.8) is 0 Å². The number of hydrogen-bond acceptors (Lipinski definition) is 1. The maximum absolute atomic E-state index is 14.7. The van der Waals surface area contributed by atoms with Crippen LogP contribution in [0.4, 0.5) is 8.78 Å². The Hall–Kier alpha value is -1.12. The summed E-state index contributed by atoms with van der Waals surface area (Å²) in [5.74, 6) is 1.25. The number of ether oxygens (including phenoxy) is 1. The summed E-state index contributed by atoms with van der Waals surface area (Å²) in [7, 11) is 0. The highest BCUT2D eigenvalue weighted by molar-refractivity contribution is 5.40. The molecule has 1 aromatic carbocycles. The predicted molar refractivity (Wildman–Crippen MR) is 98.1 cm³/mol. The van der Waals surface area contributed by atoms with Gasteiger partial charge >= 0.3 is 0 Å². The van der Waals surface area contributed by atoms with Crippen molar-refractivity contribution in [3.8, 4) is 5.75 Å². The van der Waals surface area contributed by atoms with Crippen molar-refractivity contribution < 1.29 is 13.5 Å². The second kappa shape index (κ2) is 8.05. The van der Waals surface area contributed by atoms with Crippen molar-refractivity contribution in [3.05, 3.63) is 28.8 Å². The van der Waals surface area contributed by atoms with E-state index in [9.17, 15) is 8.78 Å². The van der Waals surface area contributed by atoms with E-state index < -0.39 is 11.6 Å². The molecule has 1 nitrogen and oxygen atoms in total. The van der Waals surface area contributed by atoms with Crippen LogP contribution in [0.1, 0.15) is 82.3 Å². The largest absolute Gasteiger partial charge is 0.491 e. The van der Waals surface area contributed by atoms with E-state index >= 15 is 0 Å². The van der Waals surface area contributed by atoms with Gasteiger partial charge in [0.15, 0.2) is 11.6 Å². The number of benzene rings is 1. The maximum Gasteiger partial charge on any atom is 0.200 e. The van der Waals surface area contributed by atoms with Gasteiger partial charge in [-0.05, 0) is 93.2 Å². The Morgan fingerprint density at radius 3 is 2.04 bits per heavy atom. The fraction of sp³-hybridized carbons (Fsp3) is 0.727. The molecule has 2 aliphatic carbocycles. The normalized spacial score (nSPS) is 30.3. The molecule has 1 aromatic rings. The van der Waals surface area contributed by atoms with Crippen molar-refractivity contribution in [2.24, 2.45) is 17.8 Å². The lowest BCUT2D eigenvalue weighted by Gasteiger charge is -2.37. The fourth-order valence-electron chi connectivity index (χ4n) is 5.14. The first-order valence-corrected chi connectivity index (χ1v) is 10.1. The molecular weight excluding hydrogens is 318 g/mol. The predicted octanol–water partition coefficient (Wildman–Crippen LogP) is 6.77. The van der Waals surface area contributed by atoms with Crippen molar-refractivity contribution in [1.82, 2.24) is 0 Å². The zero-order chi connectivity index (χ0) is 18.0. The van der Waals surface area contributed by atoms with Gasteiger partial charge in [-0.3, -0.25) is 0 Å². The summed E-state index contributed by atoms with van der Waals surface area (Å²) in [6, 6.07) is 1.67. The first kappa shape index (κ1) is 18.7. The molecule has 0 amide bonds. The van der Waals surface area contributed by atoms with E-state index in [-0.39, 0.29) is 11.7 Å². The van der Waals surface area contributed by atoms with E-state index in [4.69, 9.17) is 4.74 Å². The van der Waals surface area contributed by atoms with E-state index in [1.54, 1.807) is 13.0 Å². The standard InChI is InChI=1S/C22H32F2O/c1-4-25-19-13-15(3)20(22(24)21(19)23)18-11-9-17(10-12-18)16-7-5-14(2)6-8-16/h13-14,16-18H,4-12H2,1-3H3. The minimum atomic E-state index is -0.814. The van der Waals surface area contributed by atoms with Crippen molar-refractivity contribution in [2.45, 2.75) is 78.1 Å². The second-order valence-electron chi connectivity index (χ2n) is 8.30. The first-order valence-electron chi connectivity index (χ1n) is 10.1. The molecule has 0 atom stereocenters. The fourth-order valence-corrected chi connectivity index (χ4v) is 5.14. The third kappa shape index (κ3) is 4.01. The lowest BCUT2D eigenvalue weighted by molar-refractivity contribution is 0.164. The lowest BCUT2D eigenvalue weighted by Crippen LogP contribution is -2.25. The molecule has 0 radical (unpaired) electrons. The third-order valence-corrected chi connectivity index (χ3v) is 6.63. The summed E-state index contributed by atoms with van der Waals surface area (Å²) in [6.45, 7) is 6.38. The topological polar surface area (TPSA) is 9.23 Å². The lowest BCUT2D eigenvalue weighted by atomic mass is 9.68. The summed E-state index contributed by atoms with van der Waals surface area (Å²) in [6.07, 6.45) is 9.76. The molecule has 3 heteroatoms. The number of aryl methyl sites for hydroxylation is 1. The van der Waals surface area contributed by atoms with Gasteiger partial charge in [-0.15, -0.1) is 0 Å². The molecule has 0 heterocycles. The van der Waals surface area contributed by atoms with Gasteiger partial charge in [0.1, 0.15) is 0 Å². The minimum absolute atomic E-state index is 0.0475. The highest BCUT2D eigenvalue weighted by Gasteiger charge is 2.32. The molecule has 3 rings (SSSR count). The monoisotopic (exact) mass is 350 g/mol. The van der Waals surface area contributed by atoms with Crippen LogP contribution in [-0.2, 0) is 0 Å². The quantitative estimate of drug-likeness (QED) is 0.582. The van der Waals surface area contributed by atoms with Crippen LogP contribution in [0.15, 0.2) is 6.07 Å². The SMILES string of the molecule is CCOc1cc(C)c(C2CCC(C3CCC(C)CC3)CC2)c(F)c1F. The number of hydrogen-bond donors (Lipinski definition) is 0. The highest BCUT2D eigenvalue weighted by atomic mass is 19.2. The average Bonchev–Trinajstić information content (AvgIpc) is 2.61. The molecule has 140 valence electrons.